The minimum Gasteiger partial charge on any atom is -0.399 e. The van der Waals surface area contributed by atoms with Crippen LogP contribution in [0.15, 0.2) is 24.3 Å². The number of rotatable bonds is 5. The number of aliphatic hydroxyl groups is 1. The molecule has 0 amide bonds. The Morgan fingerprint density at radius 3 is 2.80 bits per heavy atom. The van der Waals surface area contributed by atoms with Crippen molar-refractivity contribution < 1.29 is 5.11 Å². The van der Waals surface area contributed by atoms with E-state index in [1.165, 1.54) is 18.4 Å². The average Bonchev–Trinajstić information content (AvgIpc) is 3.00. The van der Waals surface area contributed by atoms with Gasteiger partial charge < -0.3 is 10.8 Å². The highest BCUT2D eigenvalue weighted by atomic mass is 16.3. The summed E-state index contributed by atoms with van der Waals surface area (Å²) in [5.41, 5.74) is 7.78. The van der Waals surface area contributed by atoms with Crippen LogP contribution in [0.25, 0.3) is 0 Å². The molecular weight excluding hydrogens is 188 g/mol. The molecule has 3 nitrogen and oxygen atoms in total. The van der Waals surface area contributed by atoms with E-state index in [2.05, 4.69) is 11.0 Å². The third kappa shape index (κ3) is 2.94. The van der Waals surface area contributed by atoms with E-state index in [-0.39, 0.29) is 6.61 Å². The first-order valence-electron chi connectivity index (χ1n) is 5.49. The van der Waals surface area contributed by atoms with Crippen molar-refractivity contribution in [3.63, 3.8) is 0 Å². The number of anilines is 1. The Hall–Kier alpha value is -1.06. The van der Waals surface area contributed by atoms with Gasteiger partial charge in [-0.25, -0.2) is 0 Å². The summed E-state index contributed by atoms with van der Waals surface area (Å²) in [4.78, 5) is 2.33. The van der Waals surface area contributed by atoms with Crippen LogP contribution in [0.4, 0.5) is 5.69 Å². The van der Waals surface area contributed by atoms with E-state index >= 15 is 0 Å². The van der Waals surface area contributed by atoms with E-state index in [1.54, 1.807) is 0 Å². The van der Waals surface area contributed by atoms with E-state index in [1.807, 2.05) is 18.2 Å². The predicted octanol–water partition coefficient (Wildman–Crippen LogP) is 1.23. The van der Waals surface area contributed by atoms with Crippen molar-refractivity contribution in [2.24, 2.45) is 0 Å². The Kier molecular flexibility index (Phi) is 3.23. The summed E-state index contributed by atoms with van der Waals surface area (Å²) in [6.45, 7) is 1.90. The lowest BCUT2D eigenvalue weighted by atomic mass is 10.2. The van der Waals surface area contributed by atoms with Crippen molar-refractivity contribution in [3.8, 4) is 0 Å². The largest absolute Gasteiger partial charge is 0.399 e. The molecule has 0 atom stereocenters. The van der Waals surface area contributed by atoms with Gasteiger partial charge in [-0.05, 0) is 30.5 Å². The molecule has 1 aromatic rings. The van der Waals surface area contributed by atoms with Crippen molar-refractivity contribution in [3.05, 3.63) is 29.8 Å². The van der Waals surface area contributed by atoms with Crippen molar-refractivity contribution >= 4 is 5.69 Å². The lowest BCUT2D eigenvalue weighted by Gasteiger charge is -2.20. The summed E-state index contributed by atoms with van der Waals surface area (Å²) >= 11 is 0. The molecule has 0 unspecified atom stereocenters. The normalized spacial score (nSPS) is 15.9. The van der Waals surface area contributed by atoms with Crippen LogP contribution in [0.5, 0.6) is 0 Å². The molecule has 15 heavy (non-hydrogen) atoms. The van der Waals surface area contributed by atoms with E-state index < -0.39 is 0 Å². The highest BCUT2D eigenvalue weighted by molar-refractivity contribution is 5.40. The number of nitrogens with zero attached hydrogens (tertiary/aromatic N) is 1. The molecule has 1 aliphatic rings. The van der Waals surface area contributed by atoms with Gasteiger partial charge in [-0.2, -0.15) is 0 Å². The number of nitrogen functional groups attached to an aromatic ring is 1. The molecule has 0 bridgehead atoms. The quantitative estimate of drug-likeness (QED) is 0.712. The molecule has 82 valence electrons. The highest BCUT2D eigenvalue weighted by Gasteiger charge is 2.28. The molecule has 0 radical (unpaired) electrons. The molecule has 3 N–H and O–H groups in total. The van der Waals surface area contributed by atoms with Gasteiger partial charge in [0.2, 0.25) is 0 Å². The fourth-order valence-corrected chi connectivity index (χ4v) is 1.88. The Bertz CT molecular complexity index is 323. The third-order valence-corrected chi connectivity index (χ3v) is 2.79. The van der Waals surface area contributed by atoms with Crippen LogP contribution in [-0.4, -0.2) is 29.2 Å². The Morgan fingerprint density at radius 2 is 2.20 bits per heavy atom. The van der Waals surface area contributed by atoms with Crippen LogP contribution in [0.1, 0.15) is 18.4 Å². The number of aliphatic hydroxyl groups excluding tert-OH is 1. The second kappa shape index (κ2) is 4.64. The smallest absolute Gasteiger partial charge is 0.0558 e. The van der Waals surface area contributed by atoms with Crippen molar-refractivity contribution in [2.75, 3.05) is 18.9 Å². The van der Waals surface area contributed by atoms with Gasteiger partial charge in [-0.3, -0.25) is 4.90 Å². The SMILES string of the molecule is Nc1cccc(CN(CCO)C2CC2)c1. The summed E-state index contributed by atoms with van der Waals surface area (Å²) in [6.07, 6.45) is 2.53. The van der Waals surface area contributed by atoms with Gasteiger partial charge in [-0.15, -0.1) is 0 Å². The molecule has 0 heterocycles. The van der Waals surface area contributed by atoms with Crippen LogP contribution in [0.3, 0.4) is 0 Å². The first-order valence-corrected chi connectivity index (χ1v) is 5.49. The lowest BCUT2D eigenvalue weighted by Crippen LogP contribution is -2.28. The van der Waals surface area contributed by atoms with Gasteiger partial charge in [0.15, 0.2) is 0 Å². The van der Waals surface area contributed by atoms with E-state index in [0.717, 1.165) is 18.8 Å². The second-order valence-electron chi connectivity index (χ2n) is 4.17. The third-order valence-electron chi connectivity index (χ3n) is 2.79. The van der Waals surface area contributed by atoms with Crippen molar-refractivity contribution in [2.45, 2.75) is 25.4 Å². The maximum Gasteiger partial charge on any atom is 0.0558 e. The topological polar surface area (TPSA) is 49.5 Å². The number of nitrogens with two attached hydrogens (primary N) is 1. The lowest BCUT2D eigenvalue weighted by molar-refractivity contribution is 0.183. The molecule has 1 saturated carbocycles. The van der Waals surface area contributed by atoms with Gasteiger partial charge in [0.1, 0.15) is 0 Å². The van der Waals surface area contributed by atoms with Gasteiger partial charge in [0.25, 0.3) is 0 Å². The minimum atomic E-state index is 0.235. The maximum atomic E-state index is 8.98. The van der Waals surface area contributed by atoms with Crippen LogP contribution >= 0.6 is 0 Å². The van der Waals surface area contributed by atoms with E-state index in [9.17, 15) is 0 Å². The Balaban J connectivity index is 1.98. The first kappa shape index (κ1) is 10.5. The van der Waals surface area contributed by atoms with E-state index in [0.29, 0.717) is 6.04 Å². The summed E-state index contributed by atoms with van der Waals surface area (Å²) in [5, 5.41) is 8.98. The zero-order chi connectivity index (χ0) is 10.7. The highest BCUT2D eigenvalue weighted by Crippen LogP contribution is 2.28. The molecule has 1 aliphatic carbocycles. The first-order chi connectivity index (χ1) is 7.29. The maximum absolute atomic E-state index is 8.98. The van der Waals surface area contributed by atoms with Gasteiger partial charge in [0, 0.05) is 24.8 Å². The molecule has 2 rings (SSSR count). The Labute approximate surface area is 90.5 Å². The summed E-state index contributed by atoms with van der Waals surface area (Å²) in [7, 11) is 0. The fraction of sp³-hybridized carbons (Fsp3) is 0.500. The number of benzene rings is 1. The Morgan fingerprint density at radius 1 is 1.40 bits per heavy atom. The predicted molar refractivity (Wildman–Crippen MR) is 61.4 cm³/mol. The molecule has 1 aromatic carbocycles. The second-order valence-corrected chi connectivity index (χ2v) is 4.17. The van der Waals surface area contributed by atoms with Crippen LogP contribution in [0.2, 0.25) is 0 Å². The monoisotopic (exact) mass is 206 g/mol. The molecular formula is C12H18N2O. The average molecular weight is 206 g/mol. The molecule has 3 heteroatoms. The van der Waals surface area contributed by atoms with Gasteiger partial charge >= 0.3 is 0 Å². The van der Waals surface area contributed by atoms with Crippen LogP contribution in [-0.2, 0) is 6.54 Å². The minimum absolute atomic E-state index is 0.235. The summed E-state index contributed by atoms with van der Waals surface area (Å²) < 4.78 is 0. The number of hydrogen-bond acceptors (Lipinski definition) is 3. The zero-order valence-electron chi connectivity index (χ0n) is 8.89. The van der Waals surface area contributed by atoms with Crippen molar-refractivity contribution in [1.82, 2.24) is 4.90 Å². The van der Waals surface area contributed by atoms with Gasteiger partial charge in [0.05, 0.1) is 6.61 Å². The number of hydrogen-bond donors (Lipinski definition) is 2. The van der Waals surface area contributed by atoms with E-state index in [4.69, 9.17) is 10.8 Å². The van der Waals surface area contributed by atoms with Crippen molar-refractivity contribution in [1.29, 1.82) is 0 Å². The molecule has 0 aliphatic heterocycles. The molecule has 0 aromatic heterocycles. The van der Waals surface area contributed by atoms with Crippen LogP contribution in [0, 0.1) is 0 Å². The fourth-order valence-electron chi connectivity index (χ4n) is 1.88. The zero-order valence-corrected chi connectivity index (χ0v) is 8.89. The van der Waals surface area contributed by atoms with Crippen LogP contribution < -0.4 is 5.73 Å². The molecule has 0 spiro atoms. The standard InChI is InChI=1S/C12H18N2O/c13-11-3-1-2-10(8-11)9-14(6-7-15)12-4-5-12/h1-3,8,12,15H,4-7,9,13H2. The summed E-state index contributed by atoms with van der Waals surface area (Å²) in [5.74, 6) is 0. The molecule has 1 fully saturated rings. The molecule has 0 saturated heterocycles. The summed E-state index contributed by atoms with van der Waals surface area (Å²) in [6, 6.07) is 8.65. The van der Waals surface area contributed by atoms with Gasteiger partial charge in [-0.1, -0.05) is 12.1 Å².